The van der Waals surface area contributed by atoms with Crippen LogP contribution in [0.4, 0.5) is 16.2 Å². The summed E-state index contributed by atoms with van der Waals surface area (Å²) >= 11 is 0. The molecular weight excluding hydrogens is 360 g/mol. The summed E-state index contributed by atoms with van der Waals surface area (Å²) in [7, 11) is 1.54. The summed E-state index contributed by atoms with van der Waals surface area (Å²) in [5.74, 6) is 0.811. The Morgan fingerprint density at radius 2 is 1.68 bits per heavy atom. The number of hydrogen-bond acceptors (Lipinski definition) is 5. The van der Waals surface area contributed by atoms with Crippen molar-refractivity contribution in [2.75, 3.05) is 24.4 Å². The van der Waals surface area contributed by atoms with Crippen molar-refractivity contribution in [3.05, 3.63) is 48.0 Å². The van der Waals surface area contributed by atoms with E-state index in [1.807, 2.05) is 6.92 Å². The van der Waals surface area contributed by atoms with Gasteiger partial charge in [0.15, 0.2) is 11.5 Å². The van der Waals surface area contributed by atoms with Gasteiger partial charge in [-0.1, -0.05) is 6.07 Å². The zero-order valence-corrected chi connectivity index (χ0v) is 16.8. The number of nitrogens with one attached hydrogen (secondary N) is 2. The van der Waals surface area contributed by atoms with Crippen LogP contribution in [-0.4, -0.2) is 31.3 Å². The lowest BCUT2D eigenvalue weighted by Crippen LogP contribution is -2.27. The molecule has 0 aliphatic carbocycles. The Hall–Kier alpha value is -3.22. The highest BCUT2D eigenvalue weighted by Gasteiger charge is 2.17. The first-order valence-electron chi connectivity index (χ1n) is 8.94. The van der Waals surface area contributed by atoms with Crippen molar-refractivity contribution in [2.45, 2.75) is 33.3 Å². The quantitative estimate of drug-likeness (QED) is 0.752. The number of ether oxygens (including phenoxy) is 3. The van der Waals surface area contributed by atoms with E-state index in [1.54, 1.807) is 63.2 Å². The molecule has 7 nitrogen and oxygen atoms in total. The Kier molecular flexibility index (Phi) is 6.87. The highest BCUT2D eigenvalue weighted by molar-refractivity contribution is 6.05. The van der Waals surface area contributed by atoms with Gasteiger partial charge in [-0.25, -0.2) is 4.79 Å². The molecule has 2 aromatic carbocycles. The minimum atomic E-state index is -0.605. The molecule has 0 heterocycles. The maximum atomic E-state index is 12.6. The number of rotatable bonds is 6. The van der Waals surface area contributed by atoms with Crippen LogP contribution in [0.25, 0.3) is 0 Å². The number of amides is 2. The van der Waals surface area contributed by atoms with Crippen molar-refractivity contribution < 1.29 is 23.8 Å². The molecular formula is C21H26N2O5. The maximum Gasteiger partial charge on any atom is 0.412 e. The first-order chi connectivity index (χ1) is 13.2. The molecule has 2 rings (SSSR count). The van der Waals surface area contributed by atoms with Gasteiger partial charge >= 0.3 is 6.09 Å². The molecule has 0 atom stereocenters. The average molecular weight is 386 g/mol. The molecule has 0 bridgehead atoms. The normalized spacial score (nSPS) is 10.8. The smallest absolute Gasteiger partial charge is 0.412 e. The van der Waals surface area contributed by atoms with Crippen LogP contribution < -0.4 is 20.1 Å². The van der Waals surface area contributed by atoms with E-state index in [-0.39, 0.29) is 5.91 Å². The van der Waals surface area contributed by atoms with Crippen molar-refractivity contribution in [1.29, 1.82) is 0 Å². The second-order valence-corrected chi connectivity index (χ2v) is 6.96. The summed E-state index contributed by atoms with van der Waals surface area (Å²) in [6.07, 6.45) is -0.582. The molecule has 150 valence electrons. The van der Waals surface area contributed by atoms with Gasteiger partial charge in [-0.05, 0) is 58.0 Å². The first kappa shape index (κ1) is 21.1. The van der Waals surface area contributed by atoms with E-state index < -0.39 is 11.7 Å². The fraction of sp³-hybridized carbons (Fsp3) is 0.333. The number of methoxy groups -OCH3 is 1. The minimum Gasteiger partial charge on any atom is -0.493 e. The molecule has 2 amide bonds. The maximum absolute atomic E-state index is 12.6. The Morgan fingerprint density at radius 1 is 0.964 bits per heavy atom. The zero-order chi connectivity index (χ0) is 20.7. The van der Waals surface area contributed by atoms with Crippen molar-refractivity contribution in [2.24, 2.45) is 0 Å². The molecule has 0 spiro atoms. The zero-order valence-electron chi connectivity index (χ0n) is 16.8. The van der Waals surface area contributed by atoms with E-state index in [0.717, 1.165) is 0 Å². The number of carbonyl (C=O) groups excluding carboxylic acids is 2. The highest BCUT2D eigenvalue weighted by Crippen LogP contribution is 2.30. The van der Waals surface area contributed by atoms with Gasteiger partial charge in [0.05, 0.1) is 13.7 Å². The highest BCUT2D eigenvalue weighted by atomic mass is 16.6. The van der Waals surface area contributed by atoms with E-state index in [1.165, 1.54) is 7.11 Å². The lowest BCUT2D eigenvalue weighted by atomic mass is 10.1. The second-order valence-electron chi connectivity index (χ2n) is 6.96. The summed E-state index contributed by atoms with van der Waals surface area (Å²) in [4.78, 5) is 24.5. The van der Waals surface area contributed by atoms with Crippen LogP contribution in [0.5, 0.6) is 11.5 Å². The molecule has 7 heteroatoms. The van der Waals surface area contributed by atoms with Crippen molar-refractivity contribution >= 4 is 23.4 Å². The number of benzene rings is 2. The van der Waals surface area contributed by atoms with Gasteiger partial charge in [0.2, 0.25) is 0 Å². The number of carbonyl (C=O) groups is 2. The molecule has 2 aromatic rings. The third kappa shape index (κ3) is 6.19. The Labute approximate surface area is 165 Å². The van der Waals surface area contributed by atoms with E-state index in [0.29, 0.717) is 35.0 Å². The molecule has 2 N–H and O–H groups in total. The molecule has 0 unspecified atom stereocenters. The van der Waals surface area contributed by atoms with Gasteiger partial charge in [0.1, 0.15) is 5.60 Å². The largest absolute Gasteiger partial charge is 0.493 e. The number of hydrogen-bond donors (Lipinski definition) is 2. The van der Waals surface area contributed by atoms with E-state index >= 15 is 0 Å². The molecule has 0 saturated heterocycles. The van der Waals surface area contributed by atoms with Gasteiger partial charge < -0.3 is 19.5 Å². The van der Waals surface area contributed by atoms with E-state index in [4.69, 9.17) is 14.2 Å². The van der Waals surface area contributed by atoms with Crippen LogP contribution in [0.3, 0.4) is 0 Å². The van der Waals surface area contributed by atoms with Crippen molar-refractivity contribution in [1.82, 2.24) is 0 Å². The first-order valence-corrected chi connectivity index (χ1v) is 8.94. The molecule has 0 aromatic heterocycles. The van der Waals surface area contributed by atoms with E-state index in [9.17, 15) is 9.59 Å². The Bertz CT molecular complexity index is 843. The summed E-state index contributed by atoms with van der Waals surface area (Å²) in [5, 5.41) is 5.42. The topological polar surface area (TPSA) is 85.9 Å². The third-order valence-electron chi connectivity index (χ3n) is 3.49. The predicted octanol–water partition coefficient (Wildman–Crippen LogP) is 4.69. The van der Waals surface area contributed by atoms with Crippen LogP contribution in [0.15, 0.2) is 42.5 Å². The minimum absolute atomic E-state index is 0.320. The molecule has 0 saturated carbocycles. The van der Waals surface area contributed by atoms with Gasteiger partial charge in [-0.2, -0.15) is 0 Å². The molecule has 0 aliphatic heterocycles. The van der Waals surface area contributed by atoms with Crippen molar-refractivity contribution in [3.8, 4) is 11.5 Å². The summed E-state index contributed by atoms with van der Waals surface area (Å²) in [6.45, 7) is 7.73. The van der Waals surface area contributed by atoms with Crippen LogP contribution in [0.2, 0.25) is 0 Å². The van der Waals surface area contributed by atoms with Gasteiger partial charge in [0.25, 0.3) is 5.91 Å². The third-order valence-corrected chi connectivity index (χ3v) is 3.49. The van der Waals surface area contributed by atoms with Crippen LogP contribution in [0, 0.1) is 0 Å². The molecule has 0 fully saturated rings. The fourth-order valence-electron chi connectivity index (χ4n) is 2.38. The molecule has 0 radical (unpaired) electrons. The monoisotopic (exact) mass is 386 g/mol. The van der Waals surface area contributed by atoms with Crippen LogP contribution >= 0.6 is 0 Å². The second kappa shape index (κ2) is 9.12. The summed E-state index contributed by atoms with van der Waals surface area (Å²) in [5.41, 5.74) is 0.814. The lowest BCUT2D eigenvalue weighted by Gasteiger charge is -2.19. The Balaban J connectivity index is 2.09. The number of anilines is 2. The van der Waals surface area contributed by atoms with E-state index in [2.05, 4.69) is 10.6 Å². The van der Waals surface area contributed by atoms with Crippen molar-refractivity contribution in [3.63, 3.8) is 0 Å². The average Bonchev–Trinajstić information content (AvgIpc) is 2.61. The predicted molar refractivity (Wildman–Crippen MR) is 108 cm³/mol. The fourth-order valence-corrected chi connectivity index (χ4v) is 2.38. The van der Waals surface area contributed by atoms with Gasteiger partial charge in [0, 0.05) is 23.0 Å². The van der Waals surface area contributed by atoms with Crippen LogP contribution in [0.1, 0.15) is 38.1 Å². The summed E-state index contributed by atoms with van der Waals surface area (Å²) < 4.78 is 16.0. The Morgan fingerprint density at radius 3 is 2.32 bits per heavy atom. The standard InChI is InChI=1S/C21H26N2O5/c1-6-27-17-11-10-16(13-18(17)26-5)22-19(24)14-8-7-9-15(12-14)23-20(25)28-21(2,3)4/h7-13H,6H2,1-5H3,(H,22,24)(H,23,25). The SMILES string of the molecule is CCOc1ccc(NC(=O)c2cccc(NC(=O)OC(C)(C)C)c2)cc1OC. The molecule has 28 heavy (non-hydrogen) atoms. The lowest BCUT2D eigenvalue weighted by molar-refractivity contribution is 0.0635. The van der Waals surface area contributed by atoms with Gasteiger partial charge in [-0.15, -0.1) is 0 Å². The summed E-state index contributed by atoms with van der Waals surface area (Å²) in [6, 6.07) is 11.7. The molecule has 0 aliphatic rings. The van der Waals surface area contributed by atoms with Crippen LogP contribution in [-0.2, 0) is 4.74 Å². The van der Waals surface area contributed by atoms with Gasteiger partial charge in [-0.3, -0.25) is 10.1 Å².